The van der Waals surface area contributed by atoms with Crippen molar-refractivity contribution >= 4 is 40.9 Å². The minimum Gasteiger partial charge on any atom is -0.465 e. The van der Waals surface area contributed by atoms with Crippen molar-refractivity contribution in [3.8, 4) is 6.07 Å². The van der Waals surface area contributed by atoms with Gasteiger partial charge in [0, 0.05) is 6.20 Å². The standard InChI is InChI=1S/C12H8ClN3O3S/c1-19-12(18)8(5-14)11-16(10(17)6-20-11)7-2-3-15-9(13)4-7/h2-4H,6H2,1H3. The van der Waals surface area contributed by atoms with Crippen LogP contribution in [0.2, 0.25) is 5.15 Å². The number of nitrogens with zero attached hydrogens (tertiary/aromatic N) is 3. The van der Waals surface area contributed by atoms with Gasteiger partial charge in [-0.25, -0.2) is 9.78 Å². The number of thioether (sulfide) groups is 1. The predicted molar refractivity (Wildman–Crippen MR) is 73.8 cm³/mol. The molecule has 20 heavy (non-hydrogen) atoms. The number of anilines is 1. The second-order valence-electron chi connectivity index (χ2n) is 3.64. The minimum absolute atomic E-state index is 0.136. The lowest BCUT2D eigenvalue weighted by molar-refractivity contribution is -0.135. The van der Waals surface area contributed by atoms with Crippen LogP contribution in [0.4, 0.5) is 5.69 Å². The molecule has 0 aliphatic carbocycles. The average Bonchev–Trinajstić information content (AvgIpc) is 2.81. The molecule has 0 radical (unpaired) electrons. The number of ether oxygens (including phenoxy) is 1. The van der Waals surface area contributed by atoms with Gasteiger partial charge in [0.15, 0.2) is 5.57 Å². The lowest BCUT2D eigenvalue weighted by atomic mass is 10.3. The highest BCUT2D eigenvalue weighted by Crippen LogP contribution is 2.36. The van der Waals surface area contributed by atoms with Crippen LogP contribution in [0.25, 0.3) is 0 Å². The predicted octanol–water partition coefficient (Wildman–Crippen LogP) is 1.72. The van der Waals surface area contributed by atoms with Crippen molar-refractivity contribution in [2.24, 2.45) is 0 Å². The molecule has 0 bridgehead atoms. The number of carbonyl (C=O) groups excluding carboxylic acids is 2. The van der Waals surface area contributed by atoms with Gasteiger partial charge in [-0.2, -0.15) is 5.26 Å². The Hall–Kier alpha value is -2.04. The maximum absolute atomic E-state index is 12.0. The molecular formula is C12H8ClN3O3S. The highest BCUT2D eigenvalue weighted by molar-refractivity contribution is 8.04. The van der Waals surface area contributed by atoms with Crippen LogP contribution in [-0.4, -0.2) is 29.7 Å². The quantitative estimate of drug-likeness (QED) is 0.358. The zero-order valence-corrected chi connectivity index (χ0v) is 11.9. The van der Waals surface area contributed by atoms with Gasteiger partial charge in [-0.3, -0.25) is 9.69 Å². The van der Waals surface area contributed by atoms with Crippen LogP contribution in [0.5, 0.6) is 0 Å². The van der Waals surface area contributed by atoms with Gasteiger partial charge in [0.05, 0.1) is 18.6 Å². The number of hydrogen-bond donors (Lipinski definition) is 0. The summed E-state index contributed by atoms with van der Waals surface area (Å²) in [5.41, 5.74) is 0.239. The Kier molecular flexibility index (Phi) is 4.27. The molecule has 2 heterocycles. The third-order valence-electron chi connectivity index (χ3n) is 2.47. The normalized spacial score (nSPS) is 16.9. The zero-order valence-electron chi connectivity index (χ0n) is 10.3. The molecule has 0 aromatic carbocycles. The first-order chi connectivity index (χ1) is 9.58. The number of rotatable bonds is 2. The fourth-order valence-electron chi connectivity index (χ4n) is 1.63. The van der Waals surface area contributed by atoms with Crippen LogP contribution in [0, 0.1) is 11.3 Å². The summed E-state index contributed by atoms with van der Waals surface area (Å²) in [6.45, 7) is 0. The maximum Gasteiger partial charge on any atom is 0.351 e. The molecule has 1 aromatic heterocycles. The van der Waals surface area contributed by atoms with Crippen molar-refractivity contribution in [2.75, 3.05) is 17.8 Å². The first-order valence-electron chi connectivity index (χ1n) is 5.38. The Morgan fingerprint density at radius 1 is 1.65 bits per heavy atom. The second kappa shape index (κ2) is 5.94. The highest BCUT2D eigenvalue weighted by atomic mass is 35.5. The molecule has 0 unspecified atom stereocenters. The molecule has 102 valence electrons. The lowest BCUT2D eigenvalue weighted by Gasteiger charge is -2.17. The largest absolute Gasteiger partial charge is 0.465 e. The summed E-state index contributed by atoms with van der Waals surface area (Å²) in [6, 6.07) is 4.83. The van der Waals surface area contributed by atoms with Gasteiger partial charge in [0.1, 0.15) is 16.3 Å². The zero-order chi connectivity index (χ0) is 14.7. The molecule has 6 nitrogen and oxygen atoms in total. The van der Waals surface area contributed by atoms with E-state index in [-0.39, 0.29) is 27.4 Å². The topological polar surface area (TPSA) is 83.3 Å². The summed E-state index contributed by atoms with van der Waals surface area (Å²) in [7, 11) is 1.18. The molecule has 8 heteroatoms. The minimum atomic E-state index is -0.783. The first kappa shape index (κ1) is 14.4. The van der Waals surface area contributed by atoms with Crippen LogP contribution in [0.15, 0.2) is 28.9 Å². The van der Waals surface area contributed by atoms with Gasteiger partial charge in [0.25, 0.3) is 0 Å². The molecule has 0 N–H and O–H groups in total. The van der Waals surface area contributed by atoms with Crippen LogP contribution in [-0.2, 0) is 14.3 Å². The van der Waals surface area contributed by atoms with Gasteiger partial charge >= 0.3 is 5.97 Å². The maximum atomic E-state index is 12.0. The van der Waals surface area contributed by atoms with E-state index in [0.717, 1.165) is 11.8 Å². The van der Waals surface area contributed by atoms with Gasteiger partial charge in [-0.1, -0.05) is 23.4 Å². The second-order valence-corrected chi connectivity index (χ2v) is 4.99. The number of halogens is 1. The van der Waals surface area contributed by atoms with Gasteiger partial charge < -0.3 is 4.74 Å². The molecule has 0 saturated carbocycles. The molecule has 1 amide bonds. The third kappa shape index (κ3) is 2.61. The molecule has 0 spiro atoms. The highest BCUT2D eigenvalue weighted by Gasteiger charge is 2.33. The summed E-state index contributed by atoms with van der Waals surface area (Å²) < 4.78 is 4.55. The summed E-state index contributed by atoms with van der Waals surface area (Å²) in [6.07, 6.45) is 1.44. The van der Waals surface area contributed by atoms with E-state index in [4.69, 9.17) is 16.9 Å². The van der Waals surface area contributed by atoms with Crippen molar-refractivity contribution in [3.05, 3.63) is 34.1 Å². The molecular weight excluding hydrogens is 302 g/mol. The molecule has 1 aliphatic rings. The molecule has 1 aliphatic heterocycles. The fraction of sp³-hybridized carbons (Fsp3) is 0.167. The number of amides is 1. The number of hydrogen-bond acceptors (Lipinski definition) is 6. The molecule has 1 saturated heterocycles. The summed E-state index contributed by atoms with van der Waals surface area (Å²) >= 11 is 6.90. The van der Waals surface area contributed by atoms with Crippen LogP contribution < -0.4 is 4.90 Å². The summed E-state index contributed by atoms with van der Waals surface area (Å²) in [5.74, 6) is -0.893. The van der Waals surface area contributed by atoms with E-state index in [1.54, 1.807) is 12.1 Å². The Bertz CT molecular complexity index is 654. The average molecular weight is 310 g/mol. The number of nitriles is 1. The van der Waals surface area contributed by atoms with Gasteiger partial charge in [-0.05, 0) is 12.1 Å². The Morgan fingerprint density at radius 2 is 2.40 bits per heavy atom. The first-order valence-corrected chi connectivity index (χ1v) is 6.75. The van der Waals surface area contributed by atoms with E-state index in [2.05, 4.69) is 9.72 Å². The molecule has 1 aromatic rings. The SMILES string of the molecule is COC(=O)C(C#N)=C1SCC(=O)N1c1ccnc(Cl)c1. The van der Waals surface area contributed by atoms with E-state index < -0.39 is 5.97 Å². The molecule has 0 atom stereocenters. The number of carbonyl (C=O) groups is 2. The van der Waals surface area contributed by atoms with Crippen LogP contribution in [0.1, 0.15) is 0 Å². The smallest absolute Gasteiger partial charge is 0.351 e. The van der Waals surface area contributed by atoms with Crippen molar-refractivity contribution in [3.63, 3.8) is 0 Å². The van der Waals surface area contributed by atoms with Crippen molar-refractivity contribution in [1.82, 2.24) is 4.98 Å². The van der Waals surface area contributed by atoms with Gasteiger partial charge in [-0.15, -0.1) is 0 Å². The van der Waals surface area contributed by atoms with E-state index in [1.165, 1.54) is 24.3 Å². The molecule has 1 fully saturated rings. The van der Waals surface area contributed by atoms with Crippen molar-refractivity contribution < 1.29 is 14.3 Å². The van der Waals surface area contributed by atoms with Crippen molar-refractivity contribution in [1.29, 1.82) is 5.26 Å². The van der Waals surface area contributed by atoms with Crippen LogP contribution >= 0.6 is 23.4 Å². The molecule has 2 rings (SSSR count). The Morgan fingerprint density at radius 3 is 3.00 bits per heavy atom. The van der Waals surface area contributed by atoms with Crippen molar-refractivity contribution in [2.45, 2.75) is 0 Å². The Balaban J connectivity index is 2.54. The summed E-state index contributed by atoms with van der Waals surface area (Å²) in [4.78, 5) is 28.7. The third-order valence-corrected chi connectivity index (χ3v) is 3.73. The summed E-state index contributed by atoms with van der Waals surface area (Å²) in [5, 5.41) is 9.55. The van der Waals surface area contributed by atoms with E-state index >= 15 is 0 Å². The number of pyridine rings is 1. The van der Waals surface area contributed by atoms with Crippen LogP contribution in [0.3, 0.4) is 0 Å². The van der Waals surface area contributed by atoms with Gasteiger partial charge in [0.2, 0.25) is 5.91 Å². The number of aromatic nitrogens is 1. The number of methoxy groups -OCH3 is 1. The number of esters is 1. The Labute approximate surface area is 124 Å². The van der Waals surface area contributed by atoms with E-state index in [1.807, 2.05) is 0 Å². The monoisotopic (exact) mass is 309 g/mol. The van der Waals surface area contributed by atoms with E-state index in [9.17, 15) is 9.59 Å². The lowest BCUT2D eigenvalue weighted by Crippen LogP contribution is -2.25. The fourth-order valence-corrected chi connectivity index (χ4v) is 2.80. The van der Waals surface area contributed by atoms with E-state index in [0.29, 0.717) is 5.69 Å².